The Kier molecular flexibility index (Phi) is 5.23. The van der Waals surface area contributed by atoms with E-state index in [9.17, 15) is 14.4 Å². The maximum atomic E-state index is 12.7. The molecule has 7 heteroatoms. The number of urea groups is 1. The molecule has 1 saturated heterocycles. The highest BCUT2D eigenvalue weighted by Gasteiger charge is 2.43. The lowest BCUT2D eigenvalue weighted by atomic mass is 9.98. The third-order valence-electron chi connectivity index (χ3n) is 3.61. The summed E-state index contributed by atoms with van der Waals surface area (Å²) in [6.07, 6.45) is 0.445. The largest absolute Gasteiger partial charge is 0.396 e. The van der Waals surface area contributed by atoms with E-state index in [1.54, 1.807) is 38.1 Å². The van der Waals surface area contributed by atoms with Gasteiger partial charge in [-0.25, -0.2) is 9.69 Å². The number of rotatable bonds is 5. The van der Waals surface area contributed by atoms with Crippen LogP contribution in [0.25, 0.3) is 0 Å². The second kappa shape index (κ2) is 7.15. The summed E-state index contributed by atoms with van der Waals surface area (Å²) in [4.78, 5) is 42.0. The Hall–Kier alpha value is -2.54. The van der Waals surface area contributed by atoms with Crippen molar-refractivity contribution in [1.82, 2.24) is 5.32 Å². The van der Waals surface area contributed by atoms with E-state index < -0.39 is 23.8 Å². The molecule has 1 aromatic rings. The van der Waals surface area contributed by atoms with Crippen LogP contribution in [0, 0.1) is 12.8 Å². The molecule has 1 fully saturated rings. The number of aliphatic hydroxyl groups is 1. The molecule has 1 aliphatic heterocycles. The average Bonchev–Trinajstić information content (AvgIpc) is 2.49. The average molecular weight is 317 g/mol. The summed E-state index contributed by atoms with van der Waals surface area (Å²) in [6, 6.07) is 6.20. The SMILES string of the molecule is CC(=NCCCO)[C@H]1C(=O)NC(=O)N(c2ccccc2C)C1=O. The molecule has 0 aliphatic carbocycles. The maximum absolute atomic E-state index is 12.7. The number of anilines is 1. The number of nitrogens with zero attached hydrogens (tertiary/aromatic N) is 2. The lowest BCUT2D eigenvalue weighted by molar-refractivity contribution is -0.131. The molecule has 1 atom stereocenters. The maximum Gasteiger partial charge on any atom is 0.335 e. The number of imide groups is 2. The van der Waals surface area contributed by atoms with E-state index in [0.717, 1.165) is 10.5 Å². The zero-order valence-electron chi connectivity index (χ0n) is 13.1. The normalized spacial score (nSPS) is 19.1. The molecule has 2 rings (SSSR count). The Labute approximate surface area is 134 Å². The summed E-state index contributed by atoms with van der Waals surface area (Å²) < 4.78 is 0. The number of para-hydroxylation sites is 1. The van der Waals surface area contributed by atoms with E-state index in [1.165, 1.54) is 0 Å². The number of barbiturate groups is 1. The molecule has 1 aliphatic rings. The predicted molar refractivity (Wildman–Crippen MR) is 85.4 cm³/mol. The van der Waals surface area contributed by atoms with Crippen molar-refractivity contribution >= 4 is 29.2 Å². The summed E-state index contributed by atoms with van der Waals surface area (Å²) in [7, 11) is 0. The zero-order chi connectivity index (χ0) is 17.0. The Balaban J connectivity index is 2.34. The van der Waals surface area contributed by atoms with Crippen LogP contribution in [-0.2, 0) is 9.59 Å². The van der Waals surface area contributed by atoms with Crippen LogP contribution in [0.5, 0.6) is 0 Å². The Morgan fingerprint density at radius 1 is 1.30 bits per heavy atom. The van der Waals surface area contributed by atoms with Crippen molar-refractivity contribution < 1.29 is 19.5 Å². The van der Waals surface area contributed by atoms with Crippen molar-refractivity contribution in [2.75, 3.05) is 18.1 Å². The summed E-state index contributed by atoms with van der Waals surface area (Å²) in [5.41, 5.74) is 1.52. The first kappa shape index (κ1) is 16.8. The topological polar surface area (TPSA) is 99.1 Å². The van der Waals surface area contributed by atoms with Crippen LogP contribution in [0.15, 0.2) is 29.3 Å². The van der Waals surface area contributed by atoms with Crippen LogP contribution >= 0.6 is 0 Å². The Morgan fingerprint density at radius 2 is 2.00 bits per heavy atom. The van der Waals surface area contributed by atoms with E-state index in [0.29, 0.717) is 24.4 Å². The van der Waals surface area contributed by atoms with Gasteiger partial charge in [0.15, 0.2) is 5.92 Å². The lowest BCUT2D eigenvalue weighted by Crippen LogP contribution is -2.60. The standard InChI is InChI=1S/C16H19N3O4/c1-10-6-3-4-7-12(10)19-15(22)13(14(21)18-16(19)23)11(2)17-8-5-9-20/h3-4,6-7,13,20H,5,8-9H2,1-2H3,(H,18,21,23)/t13-/m0/s1. The summed E-state index contributed by atoms with van der Waals surface area (Å²) in [6.45, 7) is 3.65. The van der Waals surface area contributed by atoms with Gasteiger partial charge in [-0.05, 0) is 31.9 Å². The van der Waals surface area contributed by atoms with Gasteiger partial charge in [-0.1, -0.05) is 18.2 Å². The molecule has 4 amide bonds. The molecule has 0 radical (unpaired) electrons. The second-order valence-corrected chi connectivity index (χ2v) is 5.29. The van der Waals surface area contributed by atoms with Gasteiger partial charge in [-0.2, -0.15) is 0 Å². The molecule has 1 heterocycles. The van der Waals surface area contributed by atoms with Crippen molar-refractivity contribution in [2.45, 2.75) is 20.3 Å². The first-order valence-electron chi connectivity index (χ1n) is 7.33. The van der Waals surface area contributed by atoms with Crippen LogP contribution in [0.4, 0.5) is 10.5 Å². The van der Waals surface area contributed by atoms with Gasteiger partial charge in [0.25, 0.3) is 5.91 Å². The van der Waals surface area contributed by atoms with Gasteiger partial charge in [-0.15, -0.1) is 0 Å². The number of hydrogen-bond acceptors (Lipinski definition) is 5. The van der Waals surface area contributed by atoms with Crippen LogP contribution in [-0.4, -0.2) is 41.8 Å². The highest BCUT2D eigenvalue weighted by atomic mass is 16.3. The third-order valence-corrected chi connectivity index (χ3v) is 3.61. The van der Waals surface area contributed by atoms with Crippen LogP contribution in [0.1, 0.15) is 18.9 Å². The van der Waals surface area contributed by atoms with E-state index in [1.807, 2.05) is 0 Å². The fraction of sp³-hybridized carbons (Fsp3) is 0.375. The number of carbonyl (C=O) groups excluding carboxylic acids is 3. The van der Waals surface area contributed by atoms with Gasteiger partial charge in [-0.3, -0.25) is 19.9 Å². The van der Waals surface area contributed by atoms with Gasteiger partial charge >= 0.3 is 6.03 Å². The van der Waals surface area contributed by atoms with Crippen molar-refractivity contribution in [1.29, 1.82) is 0 Å². The number of carbonyl (C=O) groups is 3. The predicted octanol–water partition coefficient (Wildman–Crippen LogP) is 1.04. The molecule has 2 N–H and O–H groups in total. The van der Waals surface area contributed by atoms with E-state index in [-0.39, 0.29) is 6.61 Å². The minimum Gasteiger partial charge on any atom is -0.396 e. The Morgan fingerprint density at radius 3 is 2.65 bits per heavy atom. The van der Waals surface area contributed by atoms with Gasteiger partial charge in [0.1, 0.15) is 0 Å². The third kappa shape index (κ3) is 3.45. The highest BCUT2D eigenvalue weighted by Crippen LogP contribution is 2.24. The van der Waals surface area contributed by atoms with Crippen LogP contribution < -0.4 is 10.2 Å². The fourth-order valence-electron chi connectivity index (χ4n) is 2.40. The molecule has 122 valence electrons. The molecule has 23 heavy (non-hydrogen) atoms. The monoisotopic (exact) mass is 317 g/mol. The van der Waals surface area contributed by atoms with Crippen molar-refractivity contribution in [3.05, 3.63) is 29.8 Å². The first-order chi connectivity index (χ1) is 11.0. The molecule has 0 bridgehead atoms. The number of hydrogen-bond donors (Lipinski definition) is 2. The number of nitrogens with one attached hydrogen (secondary N) is 1. The molecule has 0 spiro atoms. The number of aliphatic imine (C=N–C) groups is 1. The fourth-order valence-corrected chi connectivity index (χ4v) is 2.40. The number of aliphatic hydroxyl groups excluding tert-OH is 1. The van der Waals surface area contributed by atoms with Crippen LogP contribution in [0.2, 0.25) is 0 Å². The van der Waals surface area contributed by atoms with Gasteiger partial charge < -0.3 is 5.11 Å². The second-order valence-electron chi connectivity index (χ2n) is 5.29. The summed E-state index contributed by atoms with van der Waals surface area (Å²) in [5.74, 6) is -2.42. The number of amides is 4. The van der Waals surface area contributed by atoms with Crippen molar-refractivity contribution in [3.8, 4) is 0 Å². The minimum absolute atomic E-state index is 0.0184. The number of benzene rings is 1. The van der Waals surface area contributed by atoms with Gasteiger partial charge in [0.05, 0.1) is 5.69 Å². The molecule has 0 aromatic heterocycles. The minimum atomic E-state index is -1.13. The Bertz CT molecular complexity index is 669. The van der Waals surface area contributed by atoms with E-state index in [2.05, 4.69) is 10.3 Å². The lowest BCUT2D eigenvalue weighted by Gasteiger charge is -2.31. The summed E-state index contributed by atoms with van der Waals surface area (Å²) in [5, 5.41) is 11.0. The van der Waals surface area contributed by atoms with E-state index in [4.69, 9.17) is 5.11 Å². The summed E-state index contributed by atoms with van der Waals surface area (Å²) >= 11 is 0. The van der Waals surface area contributed by atoms with Crippen molar-refractivity contribution in [2.24, 2.45) is 10.9 Å². The van der Waals surface area contributed by atoms with E-state index >= 15 is 0 Å². The number of aryl methyl sites for hydroxylation is 1. The van der Waals surface area contributed by atoms with Gasteiger partial charge in [0.2, 0.25) is 5.91 Å². The first-order valence-corrected chi connectivity index (χ1v) is 7.33. The molecule has 0 unspecified atom stereocenters. The quantitative estimate of drug-likeness (QED) is 0.481. The molecular formula is C16H19N3O4. The molecule has 0 saturated carbocycles. The van der Waals surface area contributed by atoms with Crippen LogP contribution in [0.3, 0.4) is 0 Å². The highest BCUT2D eigenvalue weighted by molar-refractivity contribution is 6.35. The molecular weight excluding hydrogens is 298 g/mol. The van der Waals surface area contributed by atoms with Gasteiger partial charge in [0, 0.05) is 18.9 Å². The molecule has 1 aromatic carbocycles. The van der Waals surface area contributed by atoms with Crippen molar-refractivity contribution in [3.63, 3.8) is 0 Å². The zero-order valence-corrected chi connectivity index (χ0v) is 13.1. The smallest absolute Gasteiger partial charge is 0.335 e. The molecule has 7 nitrogen and oxygen atoms in total.